The van der Waals surface area contributed by atoms with E-state index in [1.807, 2.05) is 19.1 Å². The quantitative estimate of drug-likeness (QED) is 0.892. The Bertz CT molecular complexity index is 445. The largest absolute Gasteiger partial charge is 0.449 e. The maximum absolute atomic E-state index is 12.0. The second-order valence-electron chi connectivity index (χ2n) is 4.60. The fourth-order valence-corrected chi connectivity index (χ4v) is 2.48. The van der Waals surface area contributed by atoms with Gasteiger partial charge in [-0.15, -0.1) is 0 Å². The predicted molar refractivity (Wildman–Crippen MR) is 71.8 cm³/mol. The fraction of sp³-hybridized carbons (Fsp3) is 0.500. The number of hydrogen-bond donors (Lipinski definition) is 1. The number of anilines is 1. The van der Waals surface area contributed by atoms with Crippen LogP contribution in [0.1, 0.15) is 24.5 Å². The van der Waals surface area contributed by atoms with Crippen LogP contribution < -0.4 is 10.6 Å². The van der Waals surface area contributed by atoms with E-state index in [0.717, 1.165) is 29.7 Å². The molecule has 1 aromatic carbocycles. The molecule has 4 nitrogen and oxygen atoms in total. The molecule has 1 atom stereocenters. The van der Waals surface area contributed by atoms with Crippen molar-refractivity contribution < 1.29 is 9.53 Å². The zero-order chi connectivity index (χ0) is 13.1. The molecule has 1 heterocycles. The van der Waals surface area contributed by atoms with Gasteiger partial charge in [0.1, 0.15) is 0 Å². The van der Waals surface area contributed by atoms with Crippen molar-refractivity contribution in [3.63, 3.8) is 0 Å². The molecule has 1 aliphatic heterocycles. The van der Waals surface area contributed by atoms with Gasteiger partial charge in [-0.1, -0.05) is 25.1 Å². The zero-order valence-corrected chi connectivity index (χ0v) is 11.0. The number of rotatable bonds is 3. The first kappa shape index (κ1) is 12.9. The number of carbonyl (C=O) groups is 1. The van der Waals surface area contributed by atoms with Crippen LogP contribution in [0.15, 0.2) is 18.2 Å². The lowest BCUT2D eigenvalue weighted by atomic mass is 10.0. The van der Waals surface area contributed by atoms with Crippen LogP contribution in [-0.4, -0.2) is 25.3 Å². The van der Waals surface area contributed by atoms with Gasteiger partial charge in [-0.25, -0.2) is 4.79 Å². The highest BCUT2D eigenvalue weighted by Gasteiger charge is 2.32. The highest BCUT2D eigenvalue weighted by molar-refractivity contribution is 5.91. The van der Waals surface area contributed by atoms with Gasteiger partial charge in [0, 0.05) is 13.0 Å². The second kappa shape index (κ2) is 5.40. The van der Waals surface area contributed by atoms with E-state index in [2.05, 4.69) is 13.0 Å². The number of cyclic esters (lactones) is 1. The number of nitrogens with two attached hydrogens (primary N) is 1. The molecule has 0 aromatic heterocycles. The summed E-state index contributed by atoms with van der Waals surface area (Å²) in [7, 11) is 0. The smallest absolute Gasteiger partial charge is 0.414 e. The van der Waals surface area contributed by atoms with Crippen LogP contribution in [-0.2, 0) is 11.2 Å². The summed E-state index contributed by atoms with van der Waals surface area (Å²) in [6.07, 6.45) is 1.40. The molecule has 0 bridgehead atoms. The summed E-state index contributed by atoms with van der Waals surface area (Å²) in [6.45, 7) is 5.03. The summed E-state index contributed by atoms with van der Waals surface area (Å²) >= 11 is 0. The third kappa shape index (κ3) is 2.20. The van der Waals surface area contributed by atoms with E-state index in [9.17, 15) is 4.79 Å². The molecule has 2 N–H and O–H groups in total. The minimum atomic E-state index is -0.277. The third-order valence-electron chi connectivity index (χ3n) is 3.45. The van der Waals surface area contributed by atoms with Crippen molar-refractivity contribution >= 4 is 11.8 Å². The first-order chi connectivity index (χ1) is 8.69. The second-order valence-corrected chi connectivity index (χ2v) is 4.60. The standard InChI is InChI=1S/C14H20N2O2/c1-3-11-6-4-5-10(2)13(11)16-12(9-15)7-8-18-14(16)17/h4-6,12H,3,7-9,15H2,1-2H3. The molecule has 0 aliphatic carbocycles. The van der Waals surface area contributed by atoms with Gasteiger partial charge in [0.05, 0.1) is 18.3 Å². The number of nitrogens with zero attached hydrogens (tertiary/aromatic N) is 1. The number of para-hydroxylation sites is 1. The van der Waals surface area contributed by atoms with Crippen molar-refractivity contribution in [1.82, 2.24) is 0 Å². The summed E-state index contributed by atoms with van der Waals surface area (Å²) in [4.78, 5) is 13.8. The Labute approximate surface area is 108 Å². The highest BCUT2D eigenvalue weighted by Crippen LogP contribution is 2.30. The van der Waals surface area contributed by atoms with E-state index in [-0.39, 0.29) is 12.1 Å². The van der Waals surface area contributed by atoms with Crippen LogP contribution in [0.25, 0.3) is 0 Å². The Morgan fingerprint density at radius 3 is 2.94 bits per heavy atom. The topological polar surface area (TPSA) is 55.6 Å². The molecule has 1 aliphatic rings. The molecular weight excluding hydrogens is 228 g/mol. The number of amides is 1. The molecular formula is C14H20N2O2. The summed E-state index contributed by atoms with van der Waals surface area (Å²) in [5.74, 6) is 0. The average Bonchev–Trinajstić information content (AvgIpc) is 2.38. The summed E-state index contributed by atoms with van der Waals surface area (Å²) in [5, 5.41) is 0. The molecule has 1 aromatic rings. The first-order valence-corrected chi connectivity index (χ1v) is 6.43. The maximum Gasteiger partial charge on any atom is 0.414 e. The van der Waals surface area contributed by atoms with Gasteiger partial charge in [0.2, 0.25) is 0 Å². The highest BCUT2D eigenvalue weighted by atomic mass is 16.6. The van der Waals surface area contributed by atoms with Crippen molar-refractivity contribution in [3.05, 3.63) is 29.3 Å². The Morgan fingerprint density at radius 2 is 2.28 bits per heavy atom. The third-order valence-corrected chi connectivity index (χ3v) is 3.45. The lowest BCUT2D eigenvalue weighted by molar-refractivity contribution is 0.130. The summed E-state index contributed by atoms with van der Waals surface area (Å²) in [6, 6.07) is 6.13. The summed E-state index contributed by atoms with van der Waals surface area (Å²) < 4.78 is 5.16. The van der Waals surface area contributed by atoms with Crippen molar-refractivity contribution in [2.75, 3.05) is 18.1 Å². The van der Waals surface area contributed by atoms with E-state index in [1.54, 1.807) is 4.90 Å². The molecule has 4 heteroatoms. The van der Waals surface area contributed by atoms with Gasteiger partial charge in [0.25, 0.3) is 0 Å². The molecule has 1 unspecified atom stereocenters. The van der Waals surface area contributed by atoms with Crippen LogP contribution in [0.2, 0.25) is 0 Å². The van der Waals surface area contributed by atoms with Crippen molar-refractivity contribution in [2.45, 2.75) is 32.7 Å². The minimum absolute atomic E-state index is 0.0395. The SMILES string of the molecule is CCc1cccc(C)c1N1C(=O)OCCC1CN. The molecule has 2 rings (SSSR count). The van der Waals surface area contributed by atoms with Gasteiger partial charge < -0.3 is 10.5 Å². The number of hydrogen-bond acceptors (Lipinski definition) is 3. The predicted octanol–water partition coefficient (Wildman–Crippen LogP) is 2.23. The number of aryl methyl sites for hydroxylation is 2. The number of benzene rings is 1. The minimum Gasteiger partial charge on any atom is -0.449 e. The van der Waals surface area contributed by atoms with Crippen LogP contribution >= 0.6 is 0 Å². The van der Waals surface area contributed by atoms with Gasteiger partial charge in [0.15, 0.2) is 0 Å². The normalized spacial score (nSPS) is 19.8. The summed E-state index contributed by atoms with van der Waals surface area (Å²) in [5.41, 5.74) is 9.01. The van der Waals surface area contributed by atoms with Crippen LogP contribution in [0.5, 0.6) is 0 Å². The molecule has 1 amide bonds. The van der Waals surface area contributed by atoms with Gasteiger partial charge in [-0.05, 0) is 24.5 Å². The van der Waals surface area contributed by atoms with Crippen molar-refractivity contribution in [1.29, 1.82) is 0 Å². The van der Waals surface area contributed by atoms with E-state index < -0.39 is 0 Å². The molecule has 0 spiro atoms. The van der Waals surface area contributed by atoms with Crippen LogP contribution in [0, 0.1) is 6.92 Å². The van der Waals surface area contributed by atoms with Gasteiger partial charge in [-0.2, -0.15) is 0 Å². The molecule has 0 saturated carbocycles. The van der Waals surface area contributed by atoms with Crippen LogP contribution in [0.3, 0.4) is 0 Å². The first-order valence-electron chi connectivity index (χ1n) is 6.43. The Morgan fingerprint density at radius 1 is 1.50 bits per heavy atom. The maximum atomic E-state index is 12.0. The monoisotopic (exact) mass is 248 g/mol. The Balaban J connectivity index is 2.47. The molecule has 98 valence electrons. The number of ether oxygens (including phenoxy) is 1. The van der Waals surface area contributed by atoms with E-state index in [4.69, 9.17) is 10.5 Å². The molecule has 1 fully saturated rings. The zero-order valence-electron chi connectivity index (χ0n) is 11.0. The van der Waals surface area contributed by atoms with Gasteiger partial charge >= 0.3 is 6.09 Å². The Hall–Kier alpha value is -1.55. The van der Waals surface area contributed by atoms with Crippen molar-refractivity contribution in [2.24, 2.45) is 5.73 Å². The Kier molecular flexibility index (Phi) is 3.87. The van der Waals surface area contributed by atoms with E-state index in [0.29, 0.717) is 13.2 Å². The average molecular weight is 248 g/mol. The molecule has 0 radical (unpaired) electrons. The van der Waals surface area contributed by atoms with E-state index in [1.165, 1.54) is 0 Å². The lowest BCUT2D eigenvalue weighted by Gasteiger charge is -2.36. The van der Waals surface area contributed by atoms with Gasteiger partial charge in [-0.3, -0.25) is 4.90 Å². The number of carbonyl (C=O) groups excluding carboxylic acids is 1. The van der Waals surface area contributed by atoms with Crippen molar-refractivity contribution in [3.8, 4) is 0 Å². The molecule has 1 saturated heterocycles. The van der Waals surface area contributed by atoms with Crippen LogP contribution in [0.4, 0.5) is 10.5 Å². The lowest BCUT2D eigenvalue weighted by Crippen LogP contribution is -2.50. The molecule has 18 heavy (non-hydrogen) atoms. The van der Waals surface area contributed by atoms with E-state index >= 15 is 0 Å². The fourth-order valence-electron chi connectivity index (χ4n) is 2.48.